The van der Waals surface area contributed by atoms with Crippen LogP contribution < -0.4 is 5.32 Å². The van der Waals surface area contributed by atoms with Crippen LogP contribution in [-0.2, 0) is 0 Å². The maximum Gasteiger partial charge on any atom is 0.180 e. The molecule has 0 aromatic carbocycles. The number of imidazole rings is 1. The SMILES string of the molecule is C1=CSC(Nc2nccn3c(-c4cn[nH]c4)cnc23)CC=1C1CC1. The Balaban J connectivity index is 1.44. The fraction of sp³-hybridized carbons (Fsp3) is 0.294. The van der Waals surface area contributed by atoms with E-state index in [1.165, 1.54) is 18.4 Å². The molecule has 0 radical (unpaired) electrons. The van der Waals surface area contributed by atoms with Crippen LogP contribution in [0.15, 0.2) is 47.7 Å². The molecule has 0 amide bonds. The molecule has 1 fully saturated rings. The zero-order valence-corrected chi connectivity index (χ0v) is 13.8. The van der Waals surface area contributed by atoms with Crippen molar-refractivity contribution < 1.29 is 0 Å². The van der Waals surface area contributed by atoms with Crippen LogP contribution in [0.2, 0.25) is 0 Å². The minimum atomic E-state index is 0.287. The molecule has 0 saturated heterocycles. The number of anilines is 1. The molecule has 3 aromatic rings. The van der Waals surface area contributed by atoms with Crippen LogP contribution in [0.25, 0.3) is 16.9 Å². The zero-order chi connectivity index (χ0) is 15.9. The Morgan fingerprint density at radius 3 is 3.08 bits per heavy atom. The summed E-state index contributed by atoms with van der Waals surface area (Å²) in [5, 5.41) is 12.8. The van der Waals surface area contributed by atoms with E-state index in [0.717, 1.165) is 35.1 Å². The highest BCUT2D eigenvalue weighted by molar-refractivity contribution is 8.02. The van der Waals surface area contributed by atoms with Gasteiger partial charge in [0.2, 0.25) is 0 Å². The highest BCUT2D eigenvalue weighted by Gasteiger charge is 2.29. The number of nitrogens with one attached hydrogen (secondary N) is 2. The molecular weight excluding hydrogens is 320 g/mol. The monoisotopic (exact) mass is 336 g/mol. The van der Waals surface area contributed by atoms with E-state index < -0.39 is 0 Å². The second-order valence-electron chi connectivity index (χ2n) is 6.13. The minimum Gasteiger partial charge on any atom is -0.355 e. The lowest BCUT2D eigenvalue weighted by atomic mass is 10.1. The van der Waals surface area contributed by atoms with Crippen LogP contribution in [0.1, 0.15) is 19.3 Å². The Kier molecular flexibility index (Phi) is 3.21. The van der Waals surface area contributed by atoms with Crippen molar-refractivity contribution in [2.24, 2.45) is 5.92 Å². The molecule has 1 aliphatic heterocycles. The zero-order valence-electron chi connectivity index (χ0n) is 12.9. The van der Waals surface area contributed by atoms with Crippen LogP contribution in [0.5, 0.6) is 0 Å². The lowest BCUT2D eigenvalue weighted by Crippen LogP contribution is -2.18. The molecule has 1 saturated carbocycles. The predicted octanol–water partition coefficient (Wildman–Crippen LogP) is 3.44. The Bertz CT molecular complexity index is 947. The van der Waals surface area contributed by atoms with Crippen LogP contribution in [-0.4, -0.2) is 29.9 Å². The maximum absolute atomic E-state index is 4.56. The molecule has 1 atom stereocenters. The largest absolute Gasteiger partial charge is 0.355 e. The summed E-state index contributed by atoms with van der Waals surface area (Å²) < 4.78 is 2.04. The Morgan fingerprint density at radius 1 is 1.29 bits per heavy atom. The summed E-state index contributed by atoms with van der Waals surface area (Å²) in [4.78, 5) is 9.07. The van der Waals surface area contributed by atoms with E-state index in [9.17, 15) is 0 Å². The van der Waals surface area contributed by atoms with E-state index in [-0.39, 0.29) is 5.37 Å². The van der Waals surface area contributed by atoms with Crippen molar-refractivity contribution in [2.45, 2.75) is 24.6 Å². The average Bonchev–Trinajstić information content (AvgIpc) is 3.14. The summed E-state index contributed by atoms with van der Waals surface area (Å²) in [5.74, 6) is 1.57. The highest BCUT2D eigenvalue weighted by atomic mass is 32.2. The van der Waals surface area contributed by atoms with E-state index in [1.54, 1.807) is 18.0 Å². The number of aromatic amines is 1. The fourth-order valence-electron chi connectivity index (χ4n) is 3.08. The van der Waals surface area contributed by atoms with E-state index in [0.29, 0.717) is 0 Å². The van der Waals surface area contributed by atoms with Gasteiger partial charge in [-0.15, -0.1) is 17.5 Å². The van der Waals surface area contributed by atoms with Gasteiger partial charge in [-0.3, -0.25) is 9.50 Å². The molecule has 0 bridgehead atoms. The molecule has 2 aliphatic rings. The number of hydrogen-bond donors (Lipinski definition) is 2. The minimum absolute atomic E-state index is 0.287. The topological polar surface area (TPSA) is 70.9 Å². The number of aromatic nitrogens is 5. The van der Waals surface area contributed by atoms with Gasteiger partial charge in [0.05, 0.1) is 23.5 Å². The summed E-state index contributed by atoms with van der Waals surface area (Å²) in [6.07, 6.45) is 12.9. The fourth-order valence-corrected chi connectivity index (χ4v) is 3.92. The number of fused-ring (bicyclic) bond motifs is 1. The standard InChI is InChI=1S/C17H16N6S/c1-2-11(1)12-3-6-24-15(7-12)22-16-17-19-10-14(13-8-20-21-9-13)23(17)5-4-18-16/h4-6,8-11,15H,1-2,7H2,(H,18,22)(H,20,21). The molecule has 5 rings (SSSR count). The van der Waals surface area contributed by atoms with Gasteiger partial charge in [-0.05, 0) is 24.3 Å². The van der Waals surface area contributed by atoms with Crippen molar-refractivity contribution in [3.05, 3.63) is 47.7 Å². The summed E-state index contributed by atoms with van der Waals surface area (Å²) >= 11 is 1.76. The third-order valence-corrected chi connectivity index (χ3v) is 5.34. The third kappa shape index (κ3) is 2.42. The van der Waals surface area contributed by atoms with Crippen molar-refractivity contribution in [3.8, 4) is 11.3 Å². The number of nitrogens with zero attached hydrogens (tertiary/aromatic N) is 4. The third-order valence-electron chi connectivity index (χ3n) is 4.47. The highest BCUT2D eigenvalue weighted by Crippen LogP contribution is 2.41. The smallest absolute Gasteiger partial charge is 0.180 e. The average molecular weight is 336 g/mol. The van der Waals surface area contributed by atoms with Gasteiger partial charge < -0.3 is 5.32 Å². The predicted molar refractivity (Wildman–Crippen MR) is 94.5 cm³/mol. The normalized spacial score (nSPS) is 20.3. The van der Waals surface area contributed by atoms with Gasteiger partial charge >= 0.3 is 0 Å². The van der Waals surface area contributed by atoms with Crippen LogP contribution in [0.3, 0.4) is 0 Å². The Morgan fingerprint density at radius 2 is 2.25 bits per heavy atom. The molecule has 120 valence electrons. The van der Waals surface area contributed by atoms with Gasteiger partial charge in [-0.1, -0.05) is 0 Å². The summed E-state index contributed by atoms with van der Waals surface area (Å²) in [6.45, 7) is 0. The summed E-state index contributed by atoms with van der Waals surface area (Å²) in [7, 11) is 0. The molecular formula is C17H16N6S. The number of H-pyrrole nitrogens is 1. The molecule has 3 aromatic heterocycles. The summed E-state index contributed by atoms with van der Waals surface area (Å²) in [6, 6.07) is 0. The van der Waals surface area contributed by atoms with Crippen molar-refractivity contribution in [1.82, 2.24) is 24.6 Å². The van der Waals surface area contributed by atoms with Gasteiger partial charge in [0.1, 0.15) is 0 Å². The molecule has 1 aliphatic carbocycles. The van der Waals surface area contributed by atoms with Gasteiger partial charge in [0.15, 0.2) is 11.5 Å². The molecule has 1 unspecified atom stereocenters. The maximum atomic E-state index is 4.56. The van der Waals surface area contributed by atoms with Crippen LogP contribution in [0.4, 0.5) is 5.82 Å². The number of thioether (sulfide) groups is 1. The molecule has 2 N–H and O–H groups in total. The van der Waals surface area contributed by atoms with E-state index >= 15 is 0 Å². The first-order valence-corrected chi connectivity index (χ1v) is 9.00. The first-order chi connectivity index (χ1) is 11.9. The molecule has 0 spiro atoms. The van der Waals surface area contributed by atoms with Gasteiger partial charge in [-0.25, -0.2) is 9.97 Å². The van der Waals surface area contributed by atoms with E-state index in [2.05, 4.69) is 36.6 Å². The first kappa shape index (κ1) is 13.9. The summed E-state index contributed by atoms with van der Waals surface area (Å²) in [5.41, 5.74) is 7.71. The van der Waals surface area contributed by atoms with Gasteiger partial charge in [0, 0.05) is 36.0 Å². The molecule has 6 nitrogen and oxygen atoms in total. The van der Waals surface area contributed by atoms with Crippen LogP contribution in [0, 0.1) is 5.92 Å². The van der Waals surface area contributed by atoms with E-state index in [4.69, 9.17) is 0 Å². The Hall–Kier alpha value is -2.50. The quantitative estimate of drug-likeness (QED) is 0.714. The van der Waals surface area contributed by atoms with Crippen molar-refractivity contribution in [3.63, 3.8) is 0 Å². The second-order valence-corrected chi connectivity index (χ2v) is 7.21. The number of hydrogen-bond acceptors (Lipinski definition) is 5. The Labute approximate surface area is 143 Å². The lowest BCUT2D eigenvalue weighted by molar-refractivity contribution is 0.840. The molecule has 4 heterocycles. The second kappa shape index (κ2) is 5.54. The van der Waals surface area contributed by atoms with Gasteiger partial charge in [-0.2, -0.15) is 5.10 Å². The number of rotatable bonds is 4. The van der Waals surface area contributed by atoms with Crippen molar-refractivity contribution in [1.29, 1.82) is 0 Å². The van der Waals surface area contributed by atoms with Crippen LogP contribution >= 0.6 is 11.8 Å². The van der Waals surface area contributed by atoms with Crippen molar-refractivity contribution in [2.75, 3.05) is 5.32 Å². The van der Waals surface area contributed by atoms with Crippen molar-refractivity contribution >= 4 is 23.2 Å². The van der Waals surface area contributed by atoms with Gasteiger partial charge in [0.25, 0.3) is 0 Å². The first-order valence-electron chi connectivity index (χ1n) is 8.05. The van der Waals surface area contributed by atoms with E-state index in [1.807, 2.05) is 29.2 Å². The molecule has 7 heteroatoms. The lowest BCUT2D eigenvalue weighted by Gasteiger charge is -2.20. The molecule has 24 heavy (non-hydrogen) atoms.